The maximum absolute atomic E-state index is 13.3. The molecule has 3 aromatic carbocycles. The van der Waals surface area contributed by atoms with Crippen LogP contribution in [0.5, 0.6) is 0 Å². The van der Waals surface area contributed by atoms with Crippen LogP contribution in [0, 0.1) is 11.8 Å². The van der Waals surface area contributed by atoms with Gasteiger partial charge in [0.15, 0.2) is 0 Å². The van der Waals surface area contributed by atoms with Gasteiger partial charge in [-0.15, -0.1) is 13.2 Å². The van der Waals surface area contributed by atoms with E-state index in [1.54, 1.807) is 12.2 Å². The highest BCUT2D eigenvalue weighted by Gasteiger charge is 2.27. The number of allylic oxidation sites excluding steroid dienone is 2. The molecule has 0 fully saturated rings. The Labute approximate surface area is 254 Å². The molecule has 3 N–H and O–H groups in total. The summed E-state index contributed by atoms with van der Waals surface area (Å²) in [4.78, 5) is 39.5. The molecule has 0 bridgehead atoms. The molecule has 0 radical (unpaired) electrons. The second-order valence-corrected chi connectivity index (χ2v) is 10.6. The van der Waals surface area contributed by atoms with E-state index in [2.05, 4.69) is 23.8 Å². The van der Waals surface area contributed by atoms with Crippen molar-refractivity contribution in [2.45, 2.75) is 44.2 Å². The third-order valence-corrected chi connectivity index (χ3v) is 7.17. The molecule has 0 unspecified atom stereocenters. The van der Waals surface area contributed by atoms with Crippen molar-refractivity contribution in [2.75, 3.05) is 13.2 Å². The first-order valence-corrected chi connectivity index (χ1v) is 14.7. The van der Waals surface area contributed by atoms with E-state index in [1.807, 2.05) is 91.0 Å². The molecule has 0 aliphatic rings. The monoisotopic (exact) mass is 582 g/mol. The lowest BCUT2D eigenvalue weighted by atomic mass is 9.96. The SMILES string of the molecule is C=CC[C@@H](CC(=O)N[C@H](CO)Cc1ccccc1)C(=O)NC[C@@H](OC(=O)[C@@H](CC=C)Cc1ccccc1)c1ccccc1. The van der Waals surface area contributed by atoms with Crippen LogP contribution in [0.3, 0.4) is 0 Å². The van der Waals surface area contributed by atoms with E-state index in [-0.39, 0.29) is 43.8 Å². The van der Waals surface area contributed by atoms with Crippen LogP contribution < -0.4 is 10.6 Å². The number of aliphatic hydroxyl groups is 1. The predicted molar refractivity (Wildman–Crippen MR) is 169 cm³/mol. The van der Waals surface area contributed by atoms with Gasteiger partial charge in [-0.05, 0) is 42.4 Å². The fourth-order valence-corrected chi connectivity index (χ4v) is 4.89. The Morgan fingerprint density at radius 1 is 0.767 bits per heavy atom. The van der Waals surface area contributed by atoms with Crippen LogP contribution in [-0.2, 0) is 32.0 Å². The molecule has 43 heavy (non-hydrogen) atoms. The van der Waals surface area contributed by atoms with E-state index in [4.69, 9.17) is 4.74 Å². The van der Waals surface area contributed by atoms with Crippen LogP contribution in [0.2, 0.25) is 0 Å². The smallest absolute Gasteiger partial charge is 0.310 e. The molecule has 0 saturated heterocycles. The number of rotatable bonds is 18. The number of hydrogen-bond acceptors (Lipinski definition) is 5. The maximum atomic E-state index is 13.3. The van der Waals surface area contributed by atoms with Crippen LogP contribution >= 0.6 is 0 Å². The number of carbonyl (C=O) groups is 3. The number of nitrogens with one attached hydrogen (secondary N) is 2. The fraction of sp³-hybridized carbons (Fsp3) is 0.306. The summed E-state index contributed by atoms with van der Waals surface area (Å²) < 4.78 is 5.99. The van der Waals surface area contributed by atoms with Crippen molar-refractivity contribution in [3.05, 3.63) is 133 Å². The quantitative estimate of drug-likeness (QED) is 0.143. The Balaban J connectivity index is 1.64. The zero-order valence-electron chi connectivity index (χ0n) is 24.6. The molecule has 226 valence electrons. The lowest BCUT2D eigenvalue weighted by molar-refractivity contribution is -0.154. The molecule has 7 nitrogen and oxygen atoms in total. The van der Waals surface area contributed by atoms with Gasteiger partial charge in [-0.1, -0.05) is 103 Å². The Bertz CT molecular complexity index is 1300. The van der Waals surface area contributed by atoms with Crippen molar-refractivity contribution in [1.29, 1.82) is 0 Å². The molecule has 0 saturated carbocycles. The summed E-state index contributed by atoms with van der Waals surface area (Å²) >= 11 is 0. The van der Waals surface area contributed by atoms with Crippen molar-refractivity contribution in [2.24, 2.45) is 11.8 Å². The normalized spacial score (nSPS) is 13.5. The van der Waals surface area contributed by atoms with E-state index in [0.717, 1.165) is 16.7 Å². The summed E-state index contributed by atoms with van der Waals surface area (Å²) in [6.07, 6.45) is 4.25. The fourth-order valence-electron chi connectivity index (χ4n) is 4.89. The molecule has 0 heterocycles. The molecule has 3 aromatic rings. The molecule has 4 atom stereocenters. The van der Waals surface area contributed by atoms with Gasteiger partial charge in [-0.3, -0.25) is 14.4 Å². The summed E-state index contributed by atoms with van der Waals surface area (Å²) in [5.41, 5.74) is 2.76. The molecule has 0 aromatic heterocycles. The lowest BCUT2D eigenvalue weighted by Gasteiger charge is -2.24. The predicted octanol–water partition coefficient (Wildman–Crippen LogP) is 5.12. The first-order valence-electron chi connectivity index (χ1n) is 14.7. The van der Waals surface area contributed by atoms with Gasteiger partial charge in [0.1, 0.15) is 6.10 Å². The summed E-state index contributed by atoms with van der Waals surface area (Å²) in [5, 5.41) is 15.5. The standard InChI is InChI=1S/C36H42N2O5/c1-3-14-30(24-34(40)38-32(26-39)23-28-18-10-6-11-19-28)35(41)37-25-33(29-20-12-7-13-21-29)43-36(42)31(15-4-2)22-27-16-8-5-9-17-27/h3-13,16-21,30-33,39H,1-2,14-15,22-26H2,(H,37,41)(H,38,40)/t30-,31-,32-,33+/m0/s1. The molecule has 2 amide bonds. The highest BCUT2D eigenvalue weighted by Crippen LogP contribution is 2.22. The van der Waals surface area contributed by atoms with Crippen molar-refractivity contribution < 1.29 is 24.2 Å². The van der Waals surface area contributed by atoms with E-state index in [9.17, 15) is 19.5 Å². The summed E-state index contributed by atoms with van der Waals surface area (Å²) in [6.45, 7) is 7.38. The number of aliphatic hydroxyl groups excluding tert-OH is 1. The Morgan fingerprint density at radius 2 is 1.30 bits per heavy atom. The summed E-state index contributed by atoms with van der Waals surface area (Å²) in [7, 11) is 0. The van der Waals surface area contributed by atoms with Gasteiger partial charge >= 0.3 is 5.97 Å². The topological polar surface area (TPSA) is 105 Å². The average molecular weight is 583 g/mol. The second kappa shape index (κ2) is 18.1. The van der Waals surface area contributed by atoms with E-state index in [0.29, 0.717) is 19.3 Å². The number of amides is 2. The van der Waals surface area contributed by atoms with Gasteiger partial charge in [0.25, 0.3) is 0 Å². The van der Waals surface area contributed by atoms with Crippen molar-refractivity contribution in [3.63, 3.8) is 0 Å². The third kappa shape index (κ3) is 11.4. The third-order valence-electron chi connectivity index (χ3n) is 7.17. The van der Waals surface area contributed by atoms with Crippen molar-refractivity contribution in [3.8, 4) is 0 Å². The van der Waals surface area contributed by atoms with Crippen LogP contribution in [0.1, 0.15) is 42.1 Å². The van der Waals surface area contributed by atoms with Gasteiger partial charge in [0.2, 0.25) is 11.8 Å². The van der Waals surface area contributed by atoms with Gasteiger partial charge in [-0.25, -0.2) is 0 Å². The number of hydrogen-bond donors (Lipinski definition) is 3. The van der Waals surface area contributed by atoms with Crippen LogP contribution in [0.4, 0.5) is 0 Å². The molecule has 0 spiro atoms. The van der Waals surface area contributed by atoms with Gasteiger partial charge in [0, 0.05) is 6.42 Å². The summed E-state index contributed by atoms with van der Waals surface area (Å²) in [5.74, 6) is -2.15. The van der Waals surface area contributed by atoms with Crippen LogP contribution in [-0.4, -0.2) is 42.1 Å². The zero-order chi connectivity index (χ0) is 30.9. The molecular weight excluding hydrogens is 540 g/mol. The van der Waals surface area contributed by atoms with Crippen LogP contribution in [0.25, 0.3) is 0 Å². The highest BCUT2D eigenvalue weighted by atomic mass is 16.5. The number of benzene rings is 3. The highest BCUT2D eigenvalue weighted by molar-refractivity contribution is 5.86. The minimum absolute atomic E-state index is 0.0449. The van der Waals surface area contributed by atoms with E-state index in [1.165, 1.54) is 0 Å². The molecule has 3 rings (SSSR count). The van der Waals surface area contributed by atoms with E-state index >= 15 is 0 Å². The minimum Gasteiger partial charge on any atom is -0.455 e. The average Bonchev–Trinajstić information content (AvgIpc) is 3.03. The lowest BCUT2D eigenvalue weighted by Crippen LogP contribution is -2.42. The second-order valence-electron chi connectivity index (χ2n) is 10.6. The Morgan fingerprint density at radius 3 is 1.86 bits per heavy atom. The Hall–Kier alpha value is -4.49. The molecule has 0 aliphatic heterocycles. The van der Waals surface area contributed by atoms with Crippen molar-refractivity contribution >= 4 is 17.8 Å². The van der Waals surface area contributed by atoms with Gasteiger partial charge < -0.3 is 20.5 Å². The first kappa shape index (κ1) is 33.0. The molecular formula is C36H42N2O5. The van der Waals surface area contributed by atoms with Crippen molar-refractivity contribution in [1.82, 2.24) is 10.6 Å². The summed E-state index contributed by atoms with van der Waals surface area (Å²) in [6, 6.07) is 28.1. The molecule has 7 heteroatoms. The maximum Gasteiger partial charge on any atom is 0.310 e. The first-order chi connectivity index (χ1) is 20.9. The largest absolute Gasteiger partial charge is 0.455 e. The Kier molecular flexibility index (Phi) is 13.9. The van der Waals surface area contributed by atoms with Gasteiger partial charge in [-0.2, -0.15) is 0 Å². The number of esters is 1. The van der Waals surface area contributed by atoms with Gasteiger partial charge in [0.05, 0.1) is 31.0 Å². The number of ether oxygens (including phenoxy) is 1. The van der Waals surface area contributed by atoms with Crippen LogP contribution in [0.15, 0.2) is 116 Å². The zero-order valence-corrected chi connectivity index (χ0v) is 24.6. The van der Waals surface area contributed by atoms with E-state index < -0.39 is 24.0 Å². The molecule has 0 aliphatic carbocycles. The minimum atomic E-state index is -0.719. The number of carbonyl (C=O) groups excluding carboxylic acids is 3.